The van der Waals surface area contributed by atoms with E-state index in [9.17, 15) is 4.79 Å². The van der Waals surface area contributed by atoms with Gasteiger partial charge in [-0.15, -0.1) is 11.3 Å². The van der Waals surface area contributed by atoms with Crippen molar-refractivity contribution in [2.75, 3.05) is 6.61 Å². The highest BCUT2D eigenvalue weighted by Gasteiger charge is 2.06. The Morgan fingerprint density at radius 1 is 1.50 bits per heavy atom. The highest BCUT2D eigenvalue weighted by Crippen LogP contribution is 2.09. The maximum absolute atomic E-state index is 12.0. The fourth-order valence-corrected chi connectivity index (χ4v) is 2.33. The highest BCUT2D eigenvalue weighted by atomic mass is 32.1. The van der Waals surface area contributed by atoms with Gasteiger partial charge in [0.2, 0.25) is 0 Å². The Labute approximate surface area is 121 Å². The van der Waals surface area contributed by atoms with Gasteiger partial charge in [-0.1, -0.05) is 17.9 Å². The summed E-state index contributed by atoms with van der Waals surface area (Å²) in [5.41, 5.74) is 2.21. The summed E-state index contributed by atoms with van der Waals surface area (Å²) in [5, 5.41) is 14.3. The maximum Gasteiger partial charge on any atom is 0.251 e. The van der Waals surface area contributed by atoms with E-state index in [1.165, 1.54) is 11.3 Å². The molecular weight excluding hydrogens is 272 g/mol. The van der Waals surface area contributed by atoms with Crippen molar-refractivity contribution in [3.8, 4) is 11.8 Å². The van der Waals surface area contributed by atoms with Crippen LogP contribution in [0.1, 0.15) is 26.6 Å². The first-order chi connectivity index (χ1) is 9.69. The zero-order valence-corrected chi connectivity index (χ0v) is 11.8. The van der Waals surface area contributed by atoms with Crippen LogP contribution in [0.5, 0.6) is 0 Å². The van der Waals surface area contributed by atoms with E-state index >= 15 is 0 Å². The first-order valence-corrected chi connectivity index (χ1v) is 6.96. The van der Waals surface area contributed by atoms with E-state index in [0.29, 0.717) is 17.7 Å². The van der Waals surface area contributed by atoms with Gasteiger partial charge in [0.1, 0.15) is 11.6 Å². The number of carbonyl (C=O) groups excluding carboxylic acids is 1. The third-order valence-electron chi connectivity index (χ3n) is 2.50. The number of hydrogen-bond donors (Lipinski definition) is 2. The monoisotopic (exact) mass is 286 g/mol. The molecule has 5 heteroatoms. The summed E-state index contributed by atoms with van der Waals surface area (Å²) in [5.74, 6) is 5.17. The van der Waals surface area contributed by atoms with E-state index in [1.807, 2.05) is 12.3 Å². The Hall–Kier alpha value is -2.16. The molecule has 0 fully saturated rings. The van der Waals surface area contributed by atoms with Gasteiger partial charge in [0.05, 0.1) is 6.54 Å². The van der Waals surface area contributed by atoms with Crippen LogP contribution >= 0.6 is 11.3 Å². The Bertz CT molecular complexity index is 668. The quantitative estimate of drug-likeness (QED) is 0.845. The van der Waals surface area contributed by atoms with Crippen LogP contribution in [0.3, 0.4) is 0 Å². The molecule has 0 atom stereocenters. The van der Waals surface area contributed by atoms with E-state index < -0.39 is 0 Å². The number of nitrogens with one attached hydrogen (secondary N) is 1. The summed E-state index contributed by atoms with van der Waals surface area (Å²) < 4.78 is 0. The zero-order valence-electron chi connectivity index (χ0n) is 11.0. The number of aliphatic hydroxyl groups excluding tert-OH is 1. The lowest BCUT2D eigenvalue weighted by Crippen LogP contribution is -2.22. The largest absolute Gasteiger partial charge is 0.384 e. The number of nitrogens with zero attached hydrogens (tertiary/aromatic N) is 1. The number of amides is 1. The third-order valence-corrected chi connectivity index (χ3v) is 3.47. The molecule has 2 aromatic rings. The van der Waals surface area contributed by atoms with Gasteiger partial charge in [0, 0.05) is 22.2 Å². The molecule has 0 aliphatic heterocycles. The molecule has 102 valence electrons. The molecule has 0 radical (unpaired) electrons. The third kappa shape index (κ3) is 3.92. The molecule has 1 heterocycles. The summed E-state index contributed by atoms with van der Waals surface area (Å²) in [6, 6.07) is 6.99. The van der Waals surface area contributed by atoms with E-state index in [1.54, 1.807) is 24.3 Å². The molecule has 0 aliphatic carbocycles. The molecule has 0 saturated heterocycles. The van der Waals surface area contributed by atoms with Crippen LogP contribution < -0.4 is 5.32 Å². The molecule has 1 aromatic heterocycles. The minimum absolute atomic E-state index is 0.162. The molecule has 0 spiro atoms. The van der Waals surface area contributed by atoms with Crippen molar-refractivity contribution in [3.05, 3.63) is 51.5 Å². The summed E-state index contributed by atoms with van der Waals surface area (Å²) in [4.78, 5) is 16.3. The first kappa shape index (κ1) is 14.3. The topological polar surface area (TPSA) is 62.2 Å². The molecule has 0 unspecified atom stereocenters. The number of rotatable bonds is 3. The second-order valence-corrected chi connectivity index (χ2v) is 5.05. The minimum atomic E-state index is -0.195. The number of aromatic nitrogens is 1. The van der Waals surface area contributed by atoms with Crippen LogP contribution in [0.4, 0.5) is 0 Å². The van der Waals surface area contributed by atoms with Gasteiger partial charge >= 0.3 is 0 Å². The number of aryl methyl sites for hydroxylation is 1. The van der Waals surface area contributed by atoms with Crippen molar-refractivity contribution in [1.29, 1.82) is 0 Å². The molecule has 0 bridgehead atoms. The minimum Gasteiger partial charge on any atom is -0.384 e. The highest BCUT2D eigenvalue weighted by molar-refractivity contribution is 7.09. The molecule has 4 nitrogen and oxygen atoms in total. The molecule has 1 aromatic carbocycles. The van der Waals surface area contributed by atoms with Gasteiger partial charge in [-0.2, -0.15) is 0 Å². The van der Waals surface area contributed by atoms with Crippen molar-refractivity contribution >= 4 is 17.2 Å². The van der Waals surface area contributed by atoms with Crippen LogP contribution in [-0.4, -0.2) is 22.6 Å². The van der Waals surface area contributed by atoms with Crippen LogP contribution in [0.25, 0.3) is 0 Å². The van der Waals surface area contributed by atoms with Crippen LogP contribution in [0.15, 0.2) is 29.6 Å². The molecule has 20 heavy (non-hydrogen) atoms. The maximum atomic E-state index is 12.0. The van der Waals surface area contributed by atoms with E-state index in [-0.39, 0.29) is 12.5 Å². The van der Waals surface area contributed by atoms with Gasteiger partial charge in [-0.3, -0.25) is 4.79 Å². The van der Waals surface area contributed by atoms with Gasteiger partial charge in [0.25, 0.3) is 5.91 Å². The summed E-state index contributed by atoms with van der Waals surface area (Å²) in [7, 11) is 0. The predicted molar refractivity (Wildman–Crippen MR) is 78.4 cm³/mol. The number of carbonyl (C=O) groups is 1. The Balaban J connectivity index is 2.01. The van der Waals surface area contributed by atoms with Crippen molar-refractivity contribution in [2.24, 2.45) is 0 Å². The lowest BCUT2D eigenvalue weighted by atomic mass is 10.1. The number of hydrogen-bond acceptors (Lipinski definition) is 4. The smallest absolute Gasteiger partial charge is 0.251 e. The molecule has 2 rings (SSSR count). The fraction of sp³-hybridized carbons (Fsp3) is 0.200. The molecule has 0 saturated carbocycles. The number of benzene rings is 1. The molecule has 1 amide bonds. The zero-order chi connectivity index (χ0) is 14.4. The molecule has 0 aliphatic rings. The second-order valence-electron chi connectivity index (χ2n) is 4.11. The summed E-state index contributed by atoms with van der Waals surface area (Å²) >= 11 is 1.53. The first-order valence-electron chi connectivity index (χ1n) is 6.08. The van der Waals surface area contributed by atoms with Gasteiger partial charge < -0.3 is 10.4 Å². The van der Waals surface area contributed by atoms with E-state index in [2.05, 4.69) is 22.1 Å². The average Bonchev–Trinajstić information content (AvgIpc) is 2.88. The summed E-state index contributed by atoms with van der Waals surface area (Å²) in [6.45, 7) is 2.15. The van der Waals surface area contributed by atoms with Crippen molar-refractivity contribution in [3.63, 3.8) is 0 Å². The normalized spacial score (nSPS) is 9.70. The van der Waals surface area contributed by atoms with Gasteiger partial charge in [-0.25, -0.2) is 4.98 Å². The lowest BCUT2D eigenvalue weighted by Gasteiger charge is -2.03. The van der Waals surface area contributed by atoms with Crippen molar-refractivity contribution in [1.82, 2.24) is 10.3 Å². The van der Waals surface area contributed by atoms with E-state index in [4.69, 9.17) is 5.11 Å². The van der Waals surface area contributed by atoms with Gasteiger partial charge in [-0.05, 0) is 25.1 Å². The van der Waals surface area contributed by atoms with Crippen LogP contribution in [0.2, 0.25) is 0 Å². The van der Waals surface area contributed by atoms with Crippen molar-refractivity contribution in [2.45, 2.75) is 13.5 Å². The van der Waals surface area contributed by atoms with E-state index in [0.717, 1.165) is 10.7 Å². The Morgan fingerprint density at radius 3 is 3.05 bits per heavy atom. The van der Waals surface area contributed by atoms with Crippen molar-refractivity contribution < 1.29 is 9.90 Å². The number of aliphatic hydroxyl groups is 1. The Morgan fingerprint density at radius 2 is 2.35 bits per heavy atom. The average molecular weight is 286 g/mol. The number of thiazole rings is 1. The molecule has 2 N–H and O–H groups in total. The van der Waals surface area contributed by atoms with Crippen LogP contribution in [-0.2, 0) is 6.54 Å². The van der Waals surface area contributed by atoms with Crippen LogP contribution in [0, 0.1) is 18.8 Å². The lowest BCUT2D eigenvalue weighted by molar-refractivity contribution is 0.0951. The summed E-state index contributed by atoms with van der Waals surface area (Å²) in [6.07, 6.45) is 0. The fourth-order valence-electron chi connectivity index (χ4n) is 1.62. The second kappa shape index (κ2) is 6.85. The van der Waals surface area contributed by atoms with Gasteiger partial charge in [0.15, 0.2) is 0 Å². The standard InChI is InChI=1S/C15H14N2O2S/c1-11-10-20-14(17-11)9-16-15(19)13-6-2-4-12(8-13)5-3-7-18/h2,4,6,8,10,18H,7,9H2,1H3,(H,16,19). The Kier molecular flexibility index (Phi) is 4.88. The molecular formula is C15H14N2O2S. The predicted octanol–water partition coefficient (Wildman–Crippen LogP) is 1.73. The SMILES string of the molecule is Cc1csc(CNC(=O)c2cccc(C#CCO)c2)n1.